The molecule has 0 fully saturated rings. The van der Waals surface area contributed by atoms with E-state index in [1.807, 2.05) is 19.1 Å². The zero-order valence-corrected chi connectivity index (χ0v) is 13.8. The second-order valence-electron chi connectivity index (χ2n) is 5.60. The van der Waals surface area contributed by atoms with E-state index in [9.17, 15) is 8.42 Å². The quantitative estimate of drug-likeness (QED) is 0.801. The van der Waals surface area contributed by atoms with Gasteiger partial charge in [-0.1, -0.05) is 23.8 Å². The number of aromatic nitrogens is 1. The number of hydrogen-bond acceptors (Lipinski definition) is 2. The molecule has 0 saturated carbocycles. The first-order chi connectivity index (χ1) is 10.9. The van der Waals surface area contributed by atoms with E-state index in [1.165, 1.54) is 17.7 Å². The fourth-order valence-corrected chi connectivity index (χ4v) is 3.21. The molecule has 0 aliphatic heterocycles. The van der Waals surface area contributed by atoms with Gasteiger partial charge in [0.2, 0.25) is 10.0 Å². The highest BCUT2D eigenvalue weighted by molar-refractivity contribution is 7.89. The molecule has 0 unspecified atom stereocenters. The summed E-state index contributed by atoms with van der Waals surface area (Å²) in [7, 11) is -3.68. The Morgan fingerprint density at radius 2 is 1.61 bits per heavy atom. The van der Waals surface area contributed by atoms with Crippen LogP contribution in [0.5, 0.6) is 0 Å². The molecule has 3 aromatic rings. The molecule has 5 heteroatoms. The van der Waals surface area contributed by atoms with Gasteiger partial charge in [0.05, 0.1) is 10.6 Å². The zero-order valence-electron chi connectivity index (χ0n) is 13.0. The highest BCUT2D eigenvalue weighted by Crippen LogP contribution is 2.27. The Hall–Kier alpha value is -2.37. The van der Waals surface area contributed by atoms with E-state index in [0.717, 1.165) is 22.6 Å². The van der Waals surface area contributed by atoms with Gasteiger partial charge >= 0.3 is 0 Å². The first kappa shape index (κ1) is 15.5. The van der Waals surface area contributed by atoms with Crippen LogP contribution in [0.3, 0.4) is 0 Å². The zero-order chi connectivity index (χ0) is 16.6. The first-order valence-electron chi connectivity index (χ1n) is 7.25. The van der Waals surface area contributed by atoms with Gasteiger partial charge in [0.1, 0.15) is 0 Å². The van der Waals surface area contributed by atoms with Crippen LogP contribution in [0.25, 0.3) is 16.9 Å². The summed E-state index contributed by atoms with van der Waals surface area (Å²) in [5.41, 5.74) is 5.35. The van der Waals surface area contributed by atoms with Crippen molar-refractivity contribution in [1.29, 1.82) is 0 Å². The number of rotatable bonds is 3. The topological polar surface area (TPSA) is 65.1 Å². The highest BCUT2D eigenvalue weighted by atomic mass is 32.2. The van der Waals surface area contributed by atoms with Crippen molar-refractivity contribution in [2.24, 2.45) is 5.14 Å². The number of hydrogen-bond donors (Lipinski definition) is 1. The molecule has 0 bridgehead atoms. The molecule has 23 heavy (non-hydrogen) atoms. The van der Waals surface area contributed by atoms with Gasteiger partial charge in [0, 0.05) is 11.4 Å². The average molecular weight is 326 g/mol. The minimum atomic E-state index is -3.68. The lowest BCUT2D eigenvalue weighted by Crippen LogP contribution is -2.12. The SMILES string of the molecule is Cc1cccc(-c2ccc(C)n2-c2ccc(S(N)(=O)=O)cc2)c1. The van der Waals surface area contributed by atoms with Crippen LogP contribution >= 0.6 is 0 Å². The van der Waals surface area contributed by atoms with E-state index in [2.05, 4.69) is 35.8 Å². The molecule has 0 saturated heterocycles. The molecular weight excluding hydrogens is 308 g/mol. The van der Waals surface area contributed by atoms with E-state index < -0.39 is 10.0 Å². The second-order valence-corrected chi connectivity index (χ2v) is 7.17. The molecule has 2 N–H and O–H groups in total. The van der Waals surface area contributed by atoms with Gasteiger partial charge in [-0.3, -0.25) is 0 Å². The predicted octanol–water partition coefficient (Wildman–Crippen LogP) is 3.41. The molecule has 3 rings (SSSR count). The van der Waals surface area contributed by atoms with Gasteiger partial charge in [-0.25, -0.2) is 13.6 Å². The summed E-state index contributed by atoms with van der Waals surface area (Å²) in [6, 6.07) is 19.0. The molecule has 4 nitrogen and oxygen atoms in total. The minimum absolute atomic E-state index is 0.114. The van der Waals surface area contributed by atoms with Crippen LogP contribution in [-0.4, -0.2) is 13.0 Å². The number of aryl methyl sites for hydroxylation is 2. The molecule has 0 atom stereocenters. The second kappa shape index (κ2) is 5.68. The van der Waals surface area contributed by atoms with E-state index in [1.54, 1.807) is 12.1 Å². The molecule has 0 spiro atoms. The van der Waals surface area contributed by atoms with E-state index in [4.69, 9.17) is 5.14 Å². The van der Waals surface area contributed by atoms with E-state index in [-0.39, 0.29) is 4.90 Å². The number of sulfonamides is 1. The highest BCUT2D eigenvalue weighted by Gasteiger charge is 2.12. The lowest BCUT2D eigenvalue weighted by atomic mass is 10.1. The Bertz CT molecular complexity index is 955. The summed E-state index contributed by atoms with van der Waals surface area (Å²) in [5.74, 6) is 0. The van der Waals surface area contributed by atoms with Crippen LogP contribution in [0, 0.1) is 13.8 Å². The van der Waals surface area contributed by atoms with E-state index >= 15 is 0 Å². The molecule has 0 aliphatic rings. The summed E-state index contributed by atoms with van der Waals surface area (Å²) in [4.78, 5) is 0.114. The molecule has 118 valence electrons. The number of primary sulfonamides is 1. The van der Waals surface area contributed by atoms with Crippen molar-refractivity contribution in [3.8, 4) is 16.9 Å². The third-order valence-corrected chi connectivity index (χ3v) is 4.74. The van der Waals surface area contributed by atoms with Crippen molar-refractivity contribution in [3.63, 3.8) is 0 Å². The standard InChI is InChI=1S/C18H18N2O2S/c1-13-4-3-5-15(12-13)18-11-6-14(2)20(18)16-7-9-17(10-8-16)23(19,21)22/h3-12H,1-2H3,(H2,19,21,22). The van der Waals surface area contributed by atoms with Crippen LogP contribution in [0.4, 0.5) is 0 Å². The molecule has 1 heterocycles. The molecule has 0 amide bonds. The lowest BCUT2D eigenvalue weighted by Gasteiger charge is -2.13. The maximum atomic E-state index is 11.4. The monoisotopic (exact) mass is 326 g/mol. The van der Waals surface area contributed by atoms with Gasteiger partial charge in [-0.05, 0) is 61.9 Å². The number of nitrogens with two attached hydrogens (primary N) is 1. The molecule has 0 radical (unpaired) electrons. The van der Waals surface area contributed by atoms with Crippen molar-refractivity contribution in [3.05, 3.63) is 71.9 Å². The Morgan fingerprint density at radius 3 is 2.22 bits per heavy atom. The Balaban J connectivity index is 2.12. The number of benzene rings is 2. The Kier molecular flexibility index (Phi) is 3.83. The largest absolute Gasteiger partial charge is 0.314 e. The van der Waals surface area contributed by atoms with Gasteiger partial charge < -0.3 is 4.57 Å². The molecule has 0 aliphatic carbocycles. The summed E-state index contributed by atoms with van der Waals surface area (Å²) < 4.78 is 24.9. The minimum Gasteiger partial charge on any atom is -0.314 e. The fraction of sp³-hybridized carbons (Fsp3) is 0.111. The van der Waals surface area contributed by atoms with Crippen molar-refractivity contribution in [2.45, 2.75) is 18.7 Å². The van der Waals surface area contributed by atoms with Crippen LogP contribution in [-0.2, 0) is 10.0 Å². The van der Waals surface area contributed by atoms with Gasteiger partial charge in [-0.15, -0.1) is 0 Å². The maximum Gasteiger partial charge on any atom is 0.238 e. The van der Waals surface area contributed by atoms with Crippen LogP contribution in [0.15, 0.2) is 65.6 Å². The Labute approximate surface area is 136 Å². The molecule has 2 aromatic carbocycles. The lowest BCUT2D eigenvalue weighted by molar-refractivity contribution is 0.598. The maximum absolute atomic E-state index is 11.4. The van der Waals surface area contributed by atoms with Crippen LogP contribution < -0.4 is 5.14 Å². The third kappa shape index (κ3) is 3.06. The Morgan fingerprint density at radius 1 is 0.913 bits per heavy atom. The van der Waals surface area contributed by atoms with Crippen LogP contribution in [0.2, 0.25) is 0 Å². The van der Waals surface area contributed by atoms with Crippen molar-refractivity contribution in [1.82, 2.24) is 4.57 Å². The van der Waals surface area contributed by atoms with E-state index in [0.29, 0.717) is 0 Å². The smallest absolute Gasteiger partial charge is 0.238 e. The molecular formula is C18H18N2O2S. The third-order valence-electron chi connectivity index (χ3n) is 3.81. The predicted molar refractivity (Wildman–Crippen MR) is 92.1 cm³/mol. The molecule has 1 aromatic heterocycles. The van der Waals surface area contributed by atoms with Crippen molar-refractivity contribution < 1.29 is 8.42 Å². The summed E-state index contributed by atoms with van der Waals surface area (Å²) >= 11 is 0. The van der Waals surface area contributed by atoms with Gasteiger partial charge in [0.15, 0.2) is 0 Å². The first-order valence-corrected chi connectivity index (χ1v) is 8.79. The van der Waals surface area contributed by atoms with Crippen molar-refractivity contribution >= 4 is 10.0 Å². The summed E-state index contributed by atoms with van der Waals surface area (Å²) in [6.07, 6.45) is 0. The number of nitrogens with zero attached hydrogens (tertiary/aromatic N) is 1. The summed E-state index contributed by atoms with van der Waals surface area (Å²) in [5, 5.41) is 5.16. The van der Waals surface area contributed by atoms with Gasteiger partial charge in [0.25, 0.3) is 0 Å². The summed E-state index contributed by atoms with van der Waals surface area (Å²) in [6.45, 7) is 4.08. The normalized spacial score (nSPS) is 11.6. The fourth-order valence-electron chi connectivity index (χ4n) is 2.70. The average Bonchev–Trinajstić information content (AvgIpc) is 2.88. The van der Waals surface area contributed by atoms with Gasteiger partial charge in [-0.2, -0.15) is 0 Å². The van der Waals surface area contributed by atoms with Crippen LogP contribution in [0.1, 0.15) is 11.3 Å². The van der Waals surface area contributed by atoms with Crippen molar-refractivity contribution in [2.75, 3.05) is 0 Å².